The molecule has 1 aliphatic heterocycles. The van der Waals surface area contributed by atoms with Gasteiger partial charge in [-0.2, -0.15) is 0 Å². The molecule has 7 nitrogen and oxygen atoms in total. The highest BCUT2D eigenvalue weighted by molar-refractivity contribution is 7.90. The summed E-state index contributed by atoms with van der Waals surface area (Å²) in [5.74, 6) is 1.36. The molecule has 0 radical (unpaired) electrons. The number of rotatable bonds is 6. The van der Waals surface area contributed by atoms with Gasteiger partial charge in [-0.3, -0.25) is 9.47 Å². The van der Waals surface area contributed by atoms with Gasteiger partial charge in [-0.25, -0.2) is 22.8 Å². The third-order valence-corrected chi connectivity index (χ3v) is 6.41. The van der Waals surface area contributed by atoms with E-state index in [9.17, 15) is 12.8 Å². The molecular weight excluding hydrogens is 419 g/mol. The Morgan fingerprint density at radius 2 is 1.90 bits per heavy atom. The summed E-state index contributed by atoms with van der Waals surface area (Å²) in [5.41, 5.74) is -0.547. The first kappa shape index (κ1) is 21.7. The number of aromatic nitrogens is 3. The second-order valence-electron chi connectivity index (χ2n) is 8.71. The van der Waals surface area contributed by atoms with E-state index in [-0.39, 0.29) is 11.0 Å². The molecular formula is C22H27FN4O3S. The maximum atomic E-state index is 13.8. The monoisotopic (exact) mass is 446 g/mol. The van der Waals surface area contributed by atoms with Gasteiger partial charge >= 0.3 is 0 Å². The van der Waals surface area contributed by atoms with Crippen LogP contribution in [0.2, 0.25) is 0 Å². The van der Waals surface area contributed by atoms with Crippen LogP contribution in [-0.2, 0) is 9.84 Å². The molecule has 0 unspecified atom stereocenters. The molecule has 1 saturated heterocycles. The van der Waals surface area contributed by atoms with Gasteiger partial charge in [0.1, 0.15) is 29.0 Å². The Morgan fingerprint density at radius 1 is 1.16 bits per heavy atom. The van der Waals surface area contributed by atoms with Crippen LogP contribution in [0.3, 0.4) is 0 Å². The van der Waals surface area contributed by atoms with Crippen LogP contribution in [0.4, 0.5) is 4.39 Å². The fourth-order valence-corrected chi connectivity index (χ4v) is 4.47. The zero-order valence-corrected chi connectivity index (χ0v) is 18.8. The van der Waals surface area contributed by atoms with Gasteiger partial charge in [0.2, 0.25) is 0 Å². The fourth-order valence-electron chi connectivity index (χ4n) is 3.89. The summed E-state index contributed by atoms with van der Waals surface area (Å²) >= 11 is 0. The van der Waals surface area contributed by atoms with Crippen LogP contribution >= 0.6 is 0 Å². The van der Waals surface area contributed by atoms with Crippen LogP contribution in [0.5, 0.6) is 5.75 Å². The average Bonchev–Trinajstić information content (AvgIpc) is 3.12. The number of sulfone groups is 1. The van der Waals surface area contributed by atoms with E-state index < -0.39 is 15.5 Å². The number of likely N-dealkylation sites (tertiary alicyclic amines) is 1. The van der Waals surface area contributed by atoms with Crippen molar-refractivity contribution in [3.63, 3.8) is 0 Å². The maximum Gasteiger partial charge on any atom is 0.177 e. The Hall–Kier alpha value is -2.52. The van der Waals surface area contributed by atoms with Crippen LogP contribution in [0.15, 0.2) is 47.8 Å². The van der Waals surface area contributed by atoms with Gasteiger partial charge in [0.25, 0.3) is 0 Å². The minimum absolute atomic E-state index is 0.0927. The molecule has 0 atom stereocenters. The normalized spacial score (nSPS) is 16.6. The molecule has 0 N–H and O–H groups in total. The Morgan fingerprint density at radius 3 is 2.52 bits per heavy atom. The zero-order chi connectivity index (χ0) is 22.2. The SMILES string of the molecule is CC(C)(F)CN1CCC(Oc2ccc(-n3ccc4cc(S(C)(=O)=O)cnc43)nc2)CC1. The molecule has 1 aliphatic rings. The second kappa shape index (κ2) is 8.20. The van der Waals surface area contributed by atoms with Crippen LogP contribution in [0.25, 0.3) is 16.9 Å². The van der Waals surface area contributed by atoms with Crippen molar-refractivity contribution in [3.8, 4) is 11.6 Å². The largest absolute Gasteiger partial charge is 0.489 e. The first-order valence-electron chi connectivity index (χ1n) is 10.3. The van der Waals surface area contributed by atoms with Crippen LogP contribution in [0, 0.1) is 0 Å². The molecule has 31 heavy (non-hydrogen) atoms. The second-order valence-corrected chi connectivity index (χ2v) is 10.7. The van der Waals surface area contributed by atoms with Gasteiger partial charge in [0.05, 0.1) is 11.1 Å². The van der Waals surface area contributed by atoms with Crippen LogP contribution in [-0.4, -0.2) is 65.5 Å². The van der Waals surface area contributed by atoms with E-state index in [1.54, 1.807) is 26.1 Å². The molecule has 0 aliphatic carbocycles. The maximum absolute atomic E-state index is 13.8. The van der Waals surface area contributed by atoms with E-state index in [2.05, 4.69) is 14.9 Å². The lowest BCUT2D eigenvalue weighted by atomic mass is 10.0. The molecule has 0 amide bonds. The standard InChI is InChI=1S/C22H27FN4O3S/c1-22(2,23)15-26-9-7-17(8-10-26)30-18-4-5-20(24-13-18)27-11-6-16-12-19(31(3,28)29)14-25-21(16)27/h4-6,11-14,17H,7-10,15H2,1-3H3. The summed E-state index contributed by atoms with van der Waals surface area (Å²) < 4.78 is 45.2. The zero-order valence-electron chi connectivity index (χ0n) is 18.0. The van der Waals surface area contributed by atoms with E-state index in [4.69, 9.17) is 4.74 Å². The van der Waals surface area contributed by atoms with Gasteiger partial charge in [-0.05, 0) is 51.0 Å². The van der Waals surface area contributed by atoms with E-state index >= 15 is 0 Å². The number of hydrogen-bond acceptors (Lipinski definition) is 6. The number of alkyl halides is 1. The van der Waals surface area contributed by atoms with Crippen LogP contribution in [0.1, 0.15) is 26.7 Å². The molecule has 3 aromatic heterocycles. The van der Waals surface area contributed by atoms with E-state index in [1.165, 1.54) is 12.5 Å². The summed E-state index contributed by atoms with van der Waals surface area (Å²) in [4.78, 5) is 11.1. The van der Waals surface area contributed by atoms with Crippen molar-refractivity contribution in [3.05, 3.63) is 42.9 Å². The summed E-state index contributed by atoms with van der Waals surface area (Å²) in [5, 5.41) is 0.730. The molecule has 4 heterocycles. The molecule has 166 valence electrons. The topological polar surface area (TPSA) is 77.3 Å². The molecule has 0 bridgehead atoms. The van der Waals surface area contributed by atoms with Crippen molar-refractivity contribution in [1.82, 2.24) is 19.4 Å². The van der Waals surface area contributed by atoms with Gasteiger partial charge in [-0.15, -0.1) is 0 Å². The number of hydrogen-bond donors (Lipinski definition) is 0. The van der Waals surface area contributed by atoms with E-state index in [0.29, 0.717) is 23.8 Å². The number of halogens is 1. The third kappa shape index (κ3) is 5.22. The number of ether oxygens (including phenoxy) is 1. The molecule has 4 rings (SSSR count). The highest BCUT2D eigenvalue weighted by Gasteiger charge is 2.26. The summed E-state index contributed by atoms with van der Waals surface area (Å²) in [6.45, 7) is 5.30. The highest BCUT2D eigenvalue weighted by atomic mass is 32.2. The van der Waals surface area contributed by atoms with Gasteiger partial charge < -0.3 is 4.74 Å². The minimum atomic E-state index is -3.31. The Balaban J connectivity index is 1.42. The van der Waals surface area contributed by atoms with E-state index in [1.807, 2.05) is 29.0 Å². The van der Waals surface area contributed by atoms with Crippen molar-refractivity contribution >= 4 is 20.9 Å². The molecule has 1 fully saturated rings. The number of piperidine rings is 1. The minimum Gasteiger partial charge on any atom is -0.489 e. The summed E-state index contributed by atoms with van der Waals surface area (Å²) in [6, 6.07) is 7.15. The average molecular weight is 447 g/mol. The molecule has 0 aromatic carbocycles. The van der Waals surface area contributed by atoms with Crippen molar-refractivity contribution < 1.29 is 17.5 Å². The molecule has 0 spiro atoms. The first-order valence-corrected chi connectivity index (χ1v) is 12.2. The smallest absolute Gasteiger partial charge is 0.177 e. The lowest BCUT2D eigenvalue weighted by molar-refractivity contribution is 0.0627. The Bertz CT molecular complexity index is 1160. The lowest BCUT2D eigenvalue weighted by Gasteiger charge is -2.34. The van der Waals surface area contributed by atoms with E-state index in [0.717, 1.165) is 31.3 Å². The highest BCUT2D eigenvalue weighted by Crippen LogP contribution is 2.24. The number of fused-ring (bicyclic) bond motifs is 1. The molecule has 0 saturated carbocycles. The van der Waals surface area contributed by atoms with Gasteiger partial charge in [0.15, 0.2) is 9.84 Å². The number of pyridine rings is 2. The van der Waals surface area contributed by atoms with Crippen molar-refractivity contribution in [2.75, 3.05) is 25.9 Å². The fraction of sp³-hybridized carbons (Fsp3) is 0.455. The van der Waals surface area contributed by atoms with Gasteiger partial charge in [0, 0.05) is 43.7 Å². The Labute approximate surface area is 181 Å². The lowest BCUT2D eigenvalue weighted by Crippen LogP contribution is -2.43. The quantitative estimate of drug-likeness (QED) is 0.578. The van der Waals surface area contributed by atoms with Crippen molar-refractivity contribution in [2.24, 2.45) is 0 Å². The summed E-state index contributed by atoms with van der Waals surface area (Å²) in [7, 11) is -3.31. The molecule has 3 aromatic rings. The number of nitrogens with zero attached hydrogens (tertiary/aromatic N) is 4. The van der Waals surface area contributed by atoms with Crippen LogP contribution < -0.4 is 4.74 Å². The predicted molar refractivity (Wildman–Crippen MR) is 117 cm³/mol. The first-order chi connectivity index (χ1) is 14.6. The molecule has 9 heteroatoms. The Kier molecular flexibility index (Phi) is 5.74. The van der Waals surface area contributed by atoms with Crippen molar-refractivity contribution in [2.45, 2.75) is 43.4 Å². The summed E-state index contributed by atoms with van der Waals surface area (Å²) in [6.07, 6.45) is 7.83. The third-order valence-electron chi connectivity index (χ3n) is 5.33. The van der Waals surface area contributed by atoms with Crippen molar-refractivity contribution in [1.29, 1.82) is 0 Å². The predicted octanol–water partition coefficient (Wildman–Crippen LogP) is 3.42. The van der Waals surface area contributed by atoms with Gasteiger partial charge in [-0.1, -0.05) is 0 Å².